The molecule has 2 amide bonds. The van der Waals surface area contributed by atoms with Gasteiger partial charge in [0, 0.05) is 4.47 Å². The number of rotatable bonds is 6. The third-order valence-electron chi connectivity index (χ3n) is 3.53. The highest BCUT2D eigenvalue weighted by atomic mass is 79.9. The van der Waals surface area contributed by atoms with Crippen LogP contribution in [0.25, 0.3) is 0 Å². The summed E-state index contributed by atoms with van der Waals surface area (Å²) in [4.78, 5) is 23.5. The van der Waals surface area contributed by atoms with E-state index in [9.17, 15) is 9.59 Å². The van der Waals surface area contributed by atoms with E-state index >= 15 is 0 Å². The number of aryl methyl sites for hydroxylation is 3. The fraction of sp³-hybridized carbons (Fsp3) is 0.263. The van der Waals surface area contributed by atoms with Crippen molar-refractivity contribution in [3.63, 3.8) is 0 Å². The van der Waals surface area contributed by atoms with Crippen LogP contribution >= 0.6 is 15.9 Å². The lowest BCUT2D eigenvalue weighted by Crippen LogP contribution is -2.45. The molecular formula is C19H21BrN2O4. The predicted molar refractivity (Wildman–Crippen MR) is 102 cm³/mol. The number of hydrazine groups is 1. The highest BCUT2D eigenvalue weighted by Gasteiger charge is 2.08. The molecule has 0 unspecified atom stereocenters. The third-order valence-corrected chi connectivity index (χ3v) is 4.02. The summed E-state index contributed by atoms with van der Waals surface area (Å²) in [5.74, 6) is 0.310. The van der Waals surface area contributed by atoms with Crippen LogP contribution in [0, 0.1) is 20.8 Å². The lowest BCUT2D eigenvalue weighted by molar-refractivity contribution is -0.131. The van der Waals surface area contributed by atoms with Crippen molar-refractivity contribution in [3.05, 3.63) is 57.6 Å². The molecule has 0 spiro atoms. The first-order valence-electron chi connectivity index (χ1n) is 8.02. The van der Waals surface area contributed by atoms with Gasteiger partial charge in [0.15, 0.2) is 13.2 Å². The highest BCUT2D eigenvalue weighted by molar-refractivity contribution is 9.10. The second-order valence-electron chi connectivity index (χ2n) is 5.85. The molecule has 0 radical (unpaired) electrons. The van der Waals surface area contributed by atoms with E-state index in [2.05, 4.69) is 26.8 Å². The number of benzene rings is 2. The van der Waals surface area contributed by atoms with E-state index in [1.54, 1.807) is 6.07 Å². The summed E-state index contributed by atoms with van der Waals surface area (Å²) in [6, 6.07) is 11.2. The minimum Gasteiger partial charge on any atom is -0.483 e. The molecule has 0 aromatic heterocycles. The van der Waals surface area contributed by atoms with Gasteiger partial charge in [-0.2, -0.15) is 0 Å². The molecule has 0 aliphatic heterocycles. The largest absolute Gasteiger partial charge is 0.483 e. The van der Waals surface area contributed by atoms with Crippen LogP contribution in [0.3, 0.4) is 0 Å². The van der Waals surface area contributed by atoms with E-state index < -0.39 is 11.8 Å². The number of carbonyl (C=O) groups is 2. The molecule has 0 bridgehead atoms. The molecule has 2 rings (SSSR count). The summed E-state index contributed by atoms with van der Waals surface area (Å²) >= 11 is 3.36. The fourth-order valence-corrected chi connectivity index (χ4v) is 2.71. The van der Waals surface area contributed by atoms with Gasteiger partial charge in [0.05, 0.1) is 0 Å². The molecule has 0 aliphatic rings. The van der Waals surface area contributed by atoms with E-state index in [1.807, 2.05) is 51.1 Å². The predicted octanol–water partition coefficient (Wildman–Crippen LogP) is 2.98. The molecule has 7 heteroatoms. The maximum Gasteiger partial charge on any atom is 0.276 e. The molecule has 0 fully saturated rings. The first kappa shape index (κ1) is 19.8. The van der Waals surface area contributed by atoms with Gasteiger partial charge in [-0.25, -0.2) is 0 Å². The third kappa shape index (κ3) is 6.07. The van der Waals surface area contributed by atoms with Gasteiger partial charge in [0.1, 0.15) is 11.5 Å². The minimum absolute atomic E-state index is 0.198. The summed E-state index contributed by atoms with van der Waals surface area (Å²) in [6.07, 6.45) is 0. The lowest BCUT2D eigenvalue weighted by Gasteiger charge is -2.12. The molecule has 0 saturated heterocycles. The first-order chi connectivity index (χ1) is 12.3. The van der Waals surface area contributed by atoms with Crippen molar-refractivity contribution < 1.29 is 19.1 Å². The van der Waals surface area contributed by atoms with Crippen LogP contribution in [-0.2, 0) is 9.59 Å². The zero-order valence-electron chi connectivity index (χ0n) is 14.9. The van der Waals surface area contributed by atoms with Gasteiger partial charge in [-0.3, -0.25) is 20.4 Å². The normalized spacial score (nSPS) is 10.2. The van der Waals surface area contributed by atoms with Crippen LogP contribution in [-0.4, -0.2) is 25.0 Å². The maximum absolute atomic E-state index is 11.8. The average molecular weight is 421 g/mol. The number of amides is 2. The molecule has 138 valence electrons. The standard InChI is InChI=1S/C19H21BrN2O4/c1-12-4-6-16(13(2)8-12)25-10-18(23)21-22-19(24)11-26-17-7-5-15(20)9-14(17)3/h4-9H,10-11H2,1-3H3,(H,21,23)(H,22,24). The van der Waals surface area contributed by atoms with Crippen molar-refractivity contribution in [1.29, 1.82) is 0 Å². The molecular weight excluding hydrogens is 400 g/mol. The Morgan fingerprint density at radius 3 is 1.85 bits per heavy atom. The van der Waals surface area contributed by atoms with E-state index in [4.69, 9.17) is 9.47 Å². The SMILES string of the molecule is Cc1ccc(OCC(=O)NNC(=O)COc2ccc(Br)cc2C)c(C)c1. The topological polar surface area (TPSA) is 76.7 Å². The zero-order valence-corrected chi connectivity index (χ0v) is 16.5. The van der Waals surface area contributed by atoms with Crippen LogP contribution in [0.5, 0.6) is 11.5 Å². The quantitative estimate of drug-likeness (QED) is 0.704. The molecule has 0 saturated carbocycles. The van der Waals surface area contributed by atoms with Crippen molar-refractivity contribution in [3.8, 4) is 11.5 Å². The average Bonchev–Trinajstić information content (AvgIpc) is 2.58. The first-order valence-corrected chi connectivity index (χ1v) is 8.81. The Morgan fingerprint density at radius 1 is 0.846 bits per heavy atom. The minimum atomic E-state index is -0.466. The Labute approximate surface area is 161 Å². The number of ether oxygens (including phenoxy) is 2. The van der Waals surface area contributed by atoms with E-state index in [1.165, 1.54) is 0 Å². The van der Waals surface area contributed by atoms with E-state index in [-0.39, 0.29) is 13.2 Å². The van der Waals surface area contributed by atoms with Gasteiger partial charge in [-0.05, 0) is 56.2 Å². The van der Waals surface area contributed by atoms with Crippen molar-refractivity contribution in [1.82, 2.24) is 10.9 Å². The smallest absolute Gasteiger partial charge is 0.276 e. The second kappa shape index (κ2) is 9.24. The van der Waals surface area contributed by atoms with Crippen molar-refractivity contribution in [2.75, 3.05) is 13.2 Å². The Kier molecular flexibility index (Phi) is 7.03. The number of hydrogen-bond donors (Lipinski definition) is 2. The fourth-order valence-electron chi connectivity index (χ4n) is 2.23. The second-order valence-corrected chi connectivity index (χ2v) is 6.77. The number of halogens is 1. The van der Waals surface area contributed by atoms with Crippen LogP contribution in [0.1, 0.15) is 16.7 Å². The van der Waals surface area contributed by atoms with Gasteiger partial charge in [-0.15, -0.1) is 0 Å². The molecule has 0 heterocycles. The zero-order chi connectivity index (χ0) is 19.1. The van der Waals surface area contributed by atoms with Crippen LogP contribution in [0.15, 0.2) is 40.9 Å². The van der Waals surface area contributed by atoms with Crippen molar-refractivity contribution >= 4 is 27.7 Å². The lowest BCUT2D eigenvalue weighted by atomic mass is 10.1. The summed E-state index contributed by atoms with van der Waals surface area (Å²) < 4.78 is 11.8. The van der Waals surface area contributed by atoms with Crippen LogP contribution in [0.2, 0.25) is 0 Å². The molecule has 2 aromatic rings. The Balaban J connectivity index is 1.72. The summed E-state index contributed by atoms with van der Waals surface area (Å²) in [5, 5.41) is 0. The highest BCUT2D eigenvalue weighted by Crippen LogP contribution is 2.22. The molecule has 2 aromatic carbocycles. The molecule has 26 heavy (non-hydrogen) atoms. The van der Waals surface area contributed by atoms with Gasteiger partial charge < -0.3 is 9.47 Å². The number of nitrogens with one attached hydrogen (secondary N) is 2. The summed E-state index contributed by atoms with van der Waals surface area (Å²) in [5.41, 5.74) is 7.55. The molecule has 6 nitrogen and oxygen atoms in total. The maximum atomic E-state index is 11.8. The Morgan fingerprint density at radius 2 is 1.35 bits per heavy atom. The Bertz CT molecular complexity index is 741. The van der Waals surface area contributed by atoms with Gasteiger partial charge in [0.2, 0.25) is 0 Å². The van der Waals surface area contributed by atoms with E-state index in [0.29, 0.717) is 11.5 Å². The summed E-state index contributed by atoms with van der Waals surface area (Å²) in [7, 11) is 0. The number of hydrogen-bond acceptors (Lipinski definition) is 4. The van der Waals surface area contributed by atoms with Crippen LogP contribution in [0.4, 0.5) is 0 Å². The summed E-state index contributed by atoms with van der Waals surface area (Å²) in [6.45, 7) is 5.36. The Hall–Kier alpha value is -2.54. The molecule has 0 aliphatic carbocycles. The van der Waals surface area contributed by atoms with E-state index in [0.717, 1.165) is 21.2 Å². The van der Waals surface area contributed by atoms with Gasteiger partial charge in [-0.1, -0.05) is 33.6 Å². The van der Waals surface area contributed by atoms with Crippen LogP contribution < -0.4 is 20.3 Å². The monoisotopic (exact) mass is 420 g/mol. The van der Waals surface area contributed by atoms with Crippen molar-refractivity contribution in [2.45, 2.75) is 20.8 Å². The van der Waals surface area contributed by atoms with Crippen molar-refractivity contribution in [2.24, 2.45) is 0 Å². The molecule has 0 atom stereocenters. The van der Waals surface area contributed by atoms with Gasteiger partial charge in [0.25, 0.3) is 11.8 Å². The van der Waals surface area contributed by atoms with Gasteiger partial charge >= 0.3 is 0 Å². The molecule has 2 N–H and O–H groups in total. The number of carbonyl (C=O) groups excluding carboxylic acids is 2.